The number of ether oxygens (including phenoxy) is 2. The van der Waals surface area contributed by atoms with Crippen molar-refractivity contribution < 1.29 is 24.2 Å². The minimum absolute atomic E-state index is 0.0596. The second kappa shape index (κ2) is 8.55. The van der Waals surface area contributed by atoms with Crippen LogP contribution in [0.15, 0.2) is 30.3 Å². The maximum absolute atomic E-state index is 11.5. The van der Waals surface area contributed by atoms with Crippen LogP contribution in [0.25, 0.3) is 0 Å². The number of nitrogens with one attached hydrogen (secondary N) is 1. The van der Waals surface area contributed by atoms with E-state index in [-0.39, 0.29) is 13.2 Å². The van der Waals surface area contributed by atoms with Gasteiger partial charge in [0.15, 0.2) is 0 Å². The highest BCUT2D eigenvalue weighted by Crippen LogP contribution is 2.07. The van der Waals surface area contributed by atoms with Crippen LogP contribution in [0.1, 0.15) is 5.56 Å². The van der Waals surface area contributed by atoms with E-state index in [1.807, 2.05) is 23.5 Å². The van der Waals surface area contributed by atoms with Crippen LogP contribution in [0.5, 0.6) is 0 Å². The maximum Gasteiger partial charge on any atom is 0.409 e. The first kappa shape index (κ1) is 18.2. The lowest BCUT2D eigenvalue weighted by molar-refractivity contribution is -0.154. The van der Waals surface area contributed by atoms with Gasteiger partial charge in [-0.3, -0.25) is 5.32 Å². The second-order valence-electron chi connectivity index (χ2n) is 6.09. The van der Waals surface area contributed by atoms with Crippen LogP contribution in [0.3, 0.4) is 0 Å². The average molecular weight is 325 g/mol. The fourth-order valence-corrected chi connectivity index (χ4v) is 2.19. The van der Waals surface area contributed by atoms with Crippen LogP contribution in [0.2, 0.25) is 25.7 Å². The zero-order chi connectivity index (χ0) is 16.6. The molecule has 1 amide bonds. The largest absolute Gasteiger partial charge is 0.463 e. The molecule has 0 heterocycles. The summed E-state index contributed by atoms with van der Waals surface area (Å²) in [6, 6.07) is 9.89. The van der Waals surface area contributed by atoms with Gasteiger partial charge >= 0.3 is 12.1 Å². The van der Waals surface area contributed by atoms with Crippen molar-refractivity contribution in [2.75, 3.05) is 6.61 Å². The van der Waals surface area contributed by atoms with Gasteiger partial charge in [0.1, 0.15) is 6.61 Å². The van der Waals surface area contributed by atoms with Gasteiger partial charge < -0.3 is 14.6 Å². The Morgan fingerprint density at radius 2 is 1.82 bits per heavy atom. The summed E-state index contributed by atoms with van der Waals surface area (Å²) in [6.45, 7) is 6.75. The predicted molar refractivity (Wildman–Crippen MR) is 84.9 cm³/mol. The third-order valence-corrected chi connectivity index (χ3v) is 4.49. The number of aliphatic hydroxyl groups excluding tert-OH is 1. The van der Waals surface area contributed by atoms with E-state index in [2.05, 4.69) is 19.6 Å². The van der Waals surface area contributed by atoms with Crippen LogP contribution >= 0.6 is 0 Å². The molecule has 22 heavy (non-hydrogen) atoms. The molecular formula is C15H23NO5Si. The molecule has 7 heteroatoms. The van der Waals surface area contributed by atoms with Gasteiger partial charge in [-0.05, 0) is 11.6 Å². The lowest BCUT2D eigenvalue weighted by Gasteiger charge is -2.17. The van der Waals surface area contributed by atoms with E-state index in [4.69, 9.17) is 9.47 Å². The summed E-state index contributed by atoms with van der Waals surface area (Å²) in [4.78, 5) is 23.0. The standard InChI is InChI=1S/C15H23NO5Si/c1-22(2,3)10-9-20-14(18)13(17)16-15(19)21-11-12-7-5-4-6-8-12/h4-8,13,17H,9-11H2,1-3H3,(H,16,19). The van der Waals surface area contributed by atoms with Crippen LogP contribution < -0.4 is 5.32 Å². The number of carbonyl (C=O) groups is 2. The third-order valence-electron chi connectivity index (χ3n) is 2.79. The topological polar surface area (TPSA) is 84.9 Å². The molecule has 1 unspecified atom stereocenters. The average Bonchev–Trinajstić information content (AvgIpc) is 2.44. The van der Waals surface area contributed by atoms with E-state index in [1.165, 1.54) is 0 Å². The molecule has 0 spiro atoms. The normalized spacial score (nSPS) is 12.4. The van der Waals surface area contributed by atoms with Crippen molar-refractivity contribution in [2.24, 2.45) is 0 Å². The Bertz CT molecular complexity index is 486. The van der Waals surface area contributed by atoms with E-state index < -0.39 is 26.4 Å². The fourth-order valence-electron chi connectivity index (χ4n) is 1.47. The number of carbonyl (C=O) groups excluding carboxylic acids is 2. The van der Waals surface area contributed by atoms with Gasteiger partial charge in [-0.25, -0.2) is 9.59 Å². The van der Waals surface area contributed by atoms with Crippen molar-refractivity contribution in [1.82, 2.24) is 5.32 Å². The van der Waals surface area contributed by atoms with Crippen molar-refractivity contribution >= 4 is 20.1 Å². The van der Waals surface area contributed by atoms with Crippen molar-refractivity contribution in [3.8, 4) is 0 Å². The van der Waals surface area contributed by atoms with Crippen molar-refractivity contribution in [3.05, 3.63) is 35.9 Å². The minimum Gasteiger partial charge on any atom is -0.463 e. The summed E-state index contributed by atoms with van der Waals surface area (Å²) in [6.07, 6.45) is -2.59. The Morgan fingerprint density at radius 1 is 1.18 bits per heavy atom. The van der Waals surface area contributed by atoms with Gasteiger partial charge in [-0.1, -0.05) is 50.0 Å². The quantitative estimate of drug-likeness (QED) is 0.456. The maximum atomic E-state index is 11.5. The van der Waals surface area contributed by atoms with Gasteiger partial charge in [0, 0.05) is 8.07 Å². The van der Waals surface area contributed by atoms with Crippen molar-refractivity contribution in [3.63, 3.8) is 0 Å². The van der Waals surface area contributed by atoms with Gasteiger partial charge in [0.2, 0.25) is 6.23 Å². The molecule has 0 aromatic heterocycles. The molecule has 0 bridgehead atoms. The second-order valence-corrected chi connectivity index (χ2v) is 11.7. The molecule has 0 saturated carbocycles. The van der Waals surface area contributed by atoms with Crippen molar-refractivity contribution in [1.29, 1.82) is 0 Å². The first-order valence-corrected chi connectivity index (χ1v) is 10.8. The lowest BCUT2D eigenvalue weighted by atomic mass is 10.2. The molecule has 1 rings (SSSR count). The monoisotopic (exact) mass is 325 g/mol. The smallest absolute Gasteiger partial charge is 0.409 e. The molecule has 1 aromatic rings. The number of esters is 1. The van der Waals surface area contributed by atoms with E-state index in [0.29, 0.717) is 0 Å². The van der Waals surface area contributed by atoms with Gasteiger partial charge in [0.05, 0.1) is 6.61 Å². The first-order chi connectivity index (χ1) is 10.3. The number of benzene rings is 1. The third kappa shape index (κ3) is 7.80. The van der Waals surface area contributed by atoms with Gasteiger partial charge in [-0.2, -0.15) is 0 Å². The zero-order valence-electron chi connectivity index (χ0n) is 13.2. The zero-order valence-corrected chi connectivity index (χ0v) is 14.2. The van der Waals surface area contributed by atoms with Crippen LogP contribution in [0, 0.1) is 0 Å². The number of hydrogen-bond acceptors (Lipinski definition) is 5. The van der Waals surface area contributed by atoms with Crippen LogP contribution in [-0.2, 0) is 20.9 Å². The Labute approximate surface area is 131 Å². The van der Waals surface area contributed by atoms with Crippen LogP contribution in [-0.4, -0.2) is 38.1 Å². The Morgan fingerprint density at radius 3 is 2.41 bits per heavy atom. The summed E-state index contributed by atoms with van der Waals surface area (Å²) >= 11 is 0. The molecule has 0 aliphatic heterocycles. The molecule has 0 saturated heterocycles. The lowest BCUT2D eigenvalue weighted by Crippen LogP contribution is -2.42. The Kier molecular flexibility index (Phi) is 7.07. The van der Waals surface area contributed by atoms with E-state index in [1.54, 1.807) is 12.1 Å². The number of alkyl carbamates (subject to hydrolysis) is 1. The van der Waals surface area contributed by atoms with E-state index >= 15 is 0 Å². The first-order valence-electron chi connectivity index (χ1n) is 7.10. The molecule has 0 aliphatic carbocycles. The Hall–Kier alpha value is -1.86. The summed E-state index contributed by atoms with van der Waals surface area (Å²) in [5.74, 6) is -0.880. The number of amides is 1. The van der Waals surface area contributed by atoms with E-state index in [9.17, 15) is 14.7 Å². The molecule has 0 radical (unpaired) electrons. The molecule has 2 N–H and O–H groups in total. The summed E-state index contributed by atoms with van der Waals surface area (Å²) in [5, 5.41) is 11.6. The van der Waals surface area contributed by atoms with Crippen molar-refractivity contribution in [2.45, 2.75) is 38.5 Å². The molecule has 0 aliphatic rings. The highest BCUT2D eigenvalue weighted by Gasteiger charge is 2.21. The number of aliphatic hydroxyl groups is 1. The Balaban J connectivity index is 2.26. The molecule has 6 nitrogen and oxygen atoms in total. The van der Waals surface area contributed by atoms with E-state index in [0.717, 1.165) is 11.6 Å². The molecule has 1 aromatic carbocycles. The fraction of sp³-hybridized carbons (Fsp3) is 0.467. The molecule has 0 fully saturated rings. The highest BCUT2D eigenvalue weighted by molar-refractivity contribution is 6.76. The minimum atomic E-state index is -1.72. The molecular weight excluding hydrogens is 302 g/mol. The van der Waals surface area contributed by atoms with Gasteiger partial charge in [-0.15, -0.1) is 0 Å². The summed E-state index contributed by atoms with van der Waals surface area (Å²) in [5.41, 5.74) is 0.810. The summed E-state index contributed by atoms with van der Waals surface area (Å²) in [7, 11) is -1.31. The number of rotatable bonds is 7. The SMILES string of the molecule is C[Si](C)(C)CCOC(=O)C(O)NC(=O)OCc1ccccc1. The summed E-state index contributed by atoms with van der Waals surface area (Å²) < 4.78 is 9.82. The molecule has 1 atom stereocenters. The predicted octanol–water partition coefficient (Wildman–Crippen LogP) is 2.11. The molecule has 122 valence electrons. The number of hydrogen-bond donors (Lipinski definition) is 2. The highest BCUT2D eigenvalue weighted by atomic mass is 28.3. The van der Waals surface area contributed by atoms with Crippen LogP contribution in [0.4, 0.5) is 4.79 Å². The van der Waals surface area contributed by atoms with Gasteiger partial charge in [0.25, 0.3) is 0 Å².